The van der Waals surface area contributed by atoms with Gasteiger partial charge in [-0.2, -0.15) is 0 Å². The molecule has 1 aromatic carbocycles. The molecule has 1 aliphatic heterocycles. The Morgan fingerprint density at radius 3 is 2.46 bits per heavy atom. The van der Waals surface area contributed by atoms with Gasteiger partial charge in [0.15, 0.2) is 0 Å². The third kappa shape index (κ3) is 3.84. The lowest BCUT2D eigenvalue weighted by Crippen LogP contribution is -2.46. The van der Waals surface area contributed by atoms with Gasteiger partial charge in [0.1, 0.15) is 9.88 Å². The topological polar surface area (TPSA) is 36.4 Å². The predicted octanol–water partition coefficient (Wildman–Crippen LogP) is 4.37. The van der Waals surface area contributed by atoms with Crippen molar-refractivity contribution in [2.24, 2.45) is 0 Å². The second-order valence-electron chi connectivity index (χ2n) is 6.99. The van der Waals surface area contributed by atoms with E-state index in [0.29, 0.717) is 6.04 Å². The zero-order valence-corrected chi connectivity index (χ0v) is 17.1. The molecular formula is C21H29N3OS. The minimum atomic E-state index is 0.151. The van der Waals surface area contributed by atoms with Crippen LogP contribution in [0.1, 0.15) is 47.6 Å². The summed E-state index contributed by atoms with van der Waals surface area (Å²) in [5.74, 6) is 0.151. The van der Waals surface area contributed by atoms with Crippen molar-refractivity contribution in [2.45, 2.75) is 46.6 Å². The van der Waals surface area contributed by atoms with Crippen molar-refractivity contribution in [3.05, 3.63) is 40.4 Å². The van der Waals surface area contributed by atoms with Crippen LogP contribution in [0.3, 0.4) is 0 Å². The number of nitrogens with zero attached hydrogens (tertiary/aromatic N) is 3. The zero-order valence-electron chi connectivity index (χ0n) is 16.3. The molecule has 0 unspecified atom stereocenters. The number of aromatic nitrogens is 1. The Morgan fingerprint density at radius 2 is 1.85 bits per heavy atom. The summed E-state index contributed by atoms with van der Waals surface area (Å²) in [6.07, 6.45) is 2.13. The summed E-state index contributed by atoms with van der Waals surface area (Å²) in [6, 6.07) is 8.84. The molecule has 0 atom stereocenters. The molecule has 1 fully saturated rings. The Balaban J connectivity index is 1.73. The first-order valence-electron chi connectivity index (χ1n) is 9.61. The average molecular weight is 372 g/mol. The summed E-state index contributed by atoms with van der Waals surface area (Å²) in [6.45, 7) is 12.3. The quantitative estimate of drug-likeness (QED) is 0.783. The number of benzene rings is 1. The third-order valence-corrected chi connectivity index (χ3v) is 6.63. The molecule has 0 N–H and O–H groups in total. The highest BCUT2D eigenvalue weighted by atomic mass is 32.1. The number of carbonyl (C=O) groups excluding carboxylic acids is 1. The normalized spacial score (nSPS) is 15.7. The number of rotatable bonds is 5. The molecule has 140 valence electrons. The number of aryl methyl sites for hydroxylation is 2. The van der Waals surface area contributed by atoms with Crippen molar-refractivity contribution in [1.29, 1.82) is 0 Å². The van der Waals surface area contributed by atoms with E-state index >= 15 is 0 Å². The van der Waals surface area contributed by atoms with Crippen molar-refractivity contribution in [3.8, 4) is 10.6 Å². The second kappa shape index (κ2) is 8.31. The number of likely N-dealkylation sites (tertiary alicyclic amines) is 1. The Bertz CT molecular complexity index is 758. The van der Waals surface area contributed by atoms with Crippen molar-refractivity contribution in [1.82, 2.24) is 14.8 Å². The van der Waals surface area contributed by atoms with Gasteiger partial charge in [0.2, 0.25) is 0 Å². The van der Waals surface area contributed by atoms with Crippen LogP contribution in [0.4, 0.5) is 0 Å². The maximum absolute atomic E-state index is 13.0. The minimum absolute atomic E-state index is 0.151. The summed E-state index contributed by atoms with van der Waals surface area (Å²) in [7, 11) is 0. The molecule has 1 aliphatic rings. The fraction of sp³-hybridized carbons (Fsp3) is 0.524. The lowest BCUT2D eigenvalue weighted by atomic mass is 10.0. The monoisotopic (exact) mass is 371 g/mol. The number of piperidine rings is 1. The van der Waals surface area contributed by atoms with E-state index in [0.717, 1.165) is 60.2 Å². The maximum atomic E-state index is 13.0. The van der Waals surface area contributed by atoms with Gasteiger partial charge >= 0.3 is 0 Å². The Hall–Kier alpha value is -1.72. The van der Waals surface area contributed by atoms with Gasteiger partial charge in [-0.15, -0.1) is 11.3 Å². The van der Waals surface area contributed by atoms with E-state index in [-0.39, 0.29) is 5.91 Å². The standard InChI is InChI=1S/C21H29N3OS/c1-5-23(6-2)17-11-13-24(14-12-17)21(25)19-16(4)22-20(26-19)18-10-8-7-9-15(18)3/h7-10,17H,5-6,11-14H2,1-4H3. The van der Waals surface area contributed by atoms with E-state index in [1.807, 2.05) is 24.0 Å². The van der Waals surface area contributed by atoms with Crippen molar-refractivity contribution < 1.29 is 4.79 Å². The largest absolute Gasteiger partial charge is 0.338 e. The van der Waals surface area contributed by atoms with Crippen LogP contribution in [0.15, 0.2) is 24.3 Å². The fourth-order valence-electron chi connectivity index (χ4n) is 3.84. The van der Waals surface area contributed by atoms with Gasteiger partial charge in [0.25, 0.3) is 5.91 Å². The van der Waals surface area contributed by atoms with Crippen LogP contribution < -0.4 is 0 Å². The average Bonchev–Trinajstić information content (AvgIpc) is 3.04. The molecule has 5 heteroatoms. The maximum Gasteiger partial charge on any atom is 0.265 e. The van der Waals surface area contributed by atoms with Crippen LogP contribution in [-0.2, 0) is 0 Å². The molecule has 26 heavy (non-hydrogen) atoms. The molecule has 2 aromatic rings. The van der Waals surface area contributed by atoms with Gasteiger partial charge in [-0.3, -0.25) is 4.79 Å². The smallest absolute Gasteiger partial charge is 0.265 e. The van der Waals surface area contributed by atoms with Crippen molar-refractivity contribution in [2.75, 3.05) is 26.2 Å². The van der Waals surface area contributed by atoms with Crippen LogP contribution >= 0.6 is 11.3 Å². The van der Waals surface area contributed by atoms with Crippen molar-refractivity contribution >= 4 is 17.2 Å². The van der Waals surface area contributed by atoms with Crippen LogP contribution in [-0.4, -0.2) is 52.9 Å². The lowest BCUT2D eigenvalue weighted by molar-refractivity contribution is 0.0635. The SMILES string of the molecule is CCN(CC)C1CCN(C(=O)c2sc(-c3ccccc3C)nc2C)CC1. The highest BCUT2D eigenvalue weighted by molar-refractivity contribution is 7.17. The van der Waals surface area contributed by atoms with Gasteiger partial charge in [-0.25, -0.2) is 4.98 Å². The van der Waals surface area contributed by atoms with Gasteiger partial charge in [-0.1, -0.05) is 38.1 Å². The first-order valence-corrected chi connectivity index (χ1v) is 10.4. The Kier molecular flexibility index (Phi) is 6.09. The minimum Gasteiger partial charge on any atom is -0.338 e. The van der Waals surface area contributed by atoms with E-state index in [9.17, 15) is 4.79 Å². The number of carbonyl (C=O) groups is 1. The van der Waals surface area contributed by atoms with Gasteiger partial charge in [-0.05, 0) is 45.3 Å². The lowest BCUT2D eigenvalue weighted by Gasteiger charge is -2.37. The van der Waals surface area contributed by atoms with E-state index in [4.69, 9.17) is 4.98 Å². The summed E-state index contributed by atoms with van der Waals surface area (Å²) in [5.41, 5.74) is 3.17. The van der Waals surface area contributed by atoms with E-state index in [2.05, 4.69) is 37.8 Å². The third-order valence-electron chi connectivity index (χ3n) is 5.45. The van der Waals surface area contributed by atoms with Crippen LogP contribution in [0, 0.1) is 13.8 Å². The highest BCUT2D eigenvalue weighted by Gasteiger charge is 2.28. The molecule has 3 rings (SSSR count). The van der Waals surface area contributed by atoms with Crippen LogP contribution in [0.25, 0.3) is 10.6 Å². The van der Waals surface area contributed by atoms with E-state index < -0.39 is 0 Å². The molecule has 0 saturated carbocycles. The molecule has 0 spiro atoms. The molecule has 0 bridgehead atoms. The number of amides is 1. The molecule has 2 heterocycles. The fourth-order valence-corrected chi connectivity index (χ4v) is 4.97. The molecule has 4 nitrogen and oxygen atoms in total. The van der Waals surface area contributed by atoms with E-state index in [1.165, 1.54) is 16.9 Å². The Morgan fingerprint density at radius 1 is 1.19 bits per heavy atom. The van der Waals surface area contributed by atoms with Gasteiger partial charge in [0.05, 0.1) is 5.69 Å². The van der Waals surface area contributed by atoms with Crippen LogP contribution in [0.5, 0.6) is 0 Å². The second-order valence-corrected chi connectivity index (χ2v) is 7.99. The van der Waals surface area contributed by atoms with E-state index in [1.54, 1.807) is 0 Å². The predicted molar refractivity (Wildman–Crippen MR) is 109 cm³/mol. The summed E-state index contributed by atoms with van der Waals surface area (Å²) >= 11 is 1.53. The first-order chi connectivity index (χ1) is 12.5. The molecule has 1 amide bonds. The van der Waals surface area contributed by atoms with Crippen molar-refractivity contribution in [3.63, 3.8) is 0 Å². The zero-order chi connectivity index (χ0) is 18.7. The number of hydrogen-bond donors (Lipinski definition) is 0. The number of hydrogen-bond acceptors (Lipinski definition) is 4. The molecule has 1 saturated heterocycles. The highest BCUT2D eigenvalue weighted by Crippen LogP contribution is 2.31. The van der Waals surface area contributed by atoms with Gasteiger partial charge < -0.3 is 9.80 Å². The number of thiazole rings is 1. The molecular weight excluding hydrogens is 342 g/mol. The summed E-state index contributed by atoms with van der Waals surface area (Å²) < 4.78 is 0. The molecule has 1 aromatic heterocycles. The molecule has 0 radical (unpaired) electrons. The van der Waals surface area contributed by atoms with Crippen LogP contribution in [0.2, 0.25) is 0 Å². The molecule has 0 aliphatic carbocycles. The first kappa shape index (κ1) is 19.1. The summed E-state index contributed by atoms with van der Waals surface area (Å²) in [5, 5.41) is 0.946. The van der Waals surface area contributed by atoms with Gasteiger partial charge in [0, 0.05) is 24.7 Å². The summed E-state index contributed by atoms with van der Waals surface area (Å²) in [4.78, 5) is 23.1. The Labute approximate surface area is 160 Å².